The van der Waals surface area contributed by atoms with Crippen molar-refractivity contribution in [1.82, 2.24) is 24.6 Å². The van der Waals surface area contributed by atoms with Gasteiger partial charge in [-0.3, -0.25) is 4.79 Å². The predicted octanol–water partition coefficient (Wildman–Crippen LogP) is 2.65. The van der Waals surface area contributed by atoms with E-state index in [1.54, 1.807) is 19.1 Å². The van der Waals surface area contributed by atoms with Crippen molar-refractivity contribution < 1.29 is 9.53 Å². The lowest BCUT2D eigenvalue weighted by atomic mass is 10.3. The molecule has 0 spiro atoms. The maximum absolute atomic E-state index is 10.8. The second-order valence-electron chi connectivity index (χ2n) is 2.14. The van der Waals surface area contributed by atoms with Crippen molar-refractivity contribution in [2.24, 2.45) is 0 Å². The quantitative estimate of drug-likeness (QED) is 0.439. The van der Waals surface area contributed by atoms with E-state index in [-0.39, 0.29) is 30.6 Å². The molecule has 0 aliphatic heterocycles. The summed E-state index contributed by atoms with van der Waals surface area (Å²) in [5, 5.41) is 0. The SMILES string of the molecule is CCC(=O)Oc1ccccc1.N.N.N.N. The average Bonchev–Trinajstić information content (AvgIpc) is 2.06. The number of para-hydroxylation sites is 1. The molecule has 0 saturated carbocycles. The Kier molecular flexibility index (Phi) is 19.5. The first-order valence-corrected chi connectivity index (χ1v) is 3.58. The van der Waals surface area contributed by atoms with Crippen LogP contribution in [0.4, 0.5) is 0 Å². The zero-order chi connectivity index (χ0) is 8.10. The molecule has 0 heterocycles. The molecule has 1 aromatic rings. The lowest BCUT2D eigenvalue weighted by Crippen LogP contribution is -2.04. The largest absolute Gasteiger partial charge is 0.427 e. The number of hydrogen-bond acceptors (Lipinski definition) is 6. The van der Waals surface area contributed by atoms with Gasteiger partial charge in [0.2, 0.25) is 0 Å². The molecule has 0 bridgehead atoms. The summed E-state index contributed by atoms with van der Waals surface area (Å²) in [6.45, 7) is 1.77. The molecule has 0 aliphatic carbocycles. The second-order valence-corrected chi connectivity index (χ2v) is 2.14. The predicted molar refractivity (Wildman–Crippen MR) is 62.5 cm³/mol. The molecule has 6 heteroatoms. The lowest BCUT2D eigenvalue weighted by Gasteiger charge is -1.99. The highest BCUT2D eigenvalue weighted by atomic mass is 16.5. The third kappa shape index (κ3) is 8.85. The summed E-state index contributed by atoms with van der Waals surface area (Å²) in [5.41, 5.74) is 0. The summed E-state index contributed by atoms with van der Waals surface area (Å²) in [5.74, 6) is 0.413. The van der Waals surface area contributed by atoms with Crippen LogP contribution >= 0.6 is 0 Å². The molecule has 6 nitrogen and oxygen atoms in total. The van der Waals surface area contributed by atoms with Gasteiger partial charge in [-0.1, -0.05) is 25.1 Å². The van der Waals surface area contributed by atoms with Crippen LogP contribution in [0, 0.1) is 0 Å². The van der Waals surface area contributed by atoms with E-state index in [0.717, 1.165) is 0 Å². The van der Waals surface area contributed by atoms with Gasteiger partial charge < -0.3 is 29.3 Å². The molecule has 0 radical (unpaired) electrons. The van der Waals surface area contributed by atoms with Gasteiger partial charge >= 0.3 is 5.97 Å². The van der Waals surface area contributed by atoms with Crippen LogP contribution < -0.4 is 29.3 Å². The van der Waals surface area contributed by atoms with Gasteiger partial charge in [0, 0.05) is 6.42 Å². The molecule has 0 unspecified atom stereocenters. The minimum absolute atomic E-state index is 0. The maximum atomic E-state index is 10.8. The minimum atomic E-state index is -0.198. The van der Waals surface area contributed by atoms with Crippen LogP contribution in [0.1, 0.15) is 13.3 Å². The van der Waals surface area contributed by atoms with Gasteiger partial charge in [0.1, 0.15) is 5.75 Å². The Morgan fingerprint density at radius 1 is 1.07 bits per heavy atom. The van der Waals surface area contributed by atoms with Gasteiger partial charge in [-0.15, -0.1) is 0 Å². The molecule has 0 fully saturated rings. The second kappa shape index (κ2) is 12.5. The van der Waals surface area contributed by atoms with Crippen LogP contribution in [-0.2, 0) is 4.79 Å². The summed E-state index contributed by atoms with van der Waals surface area (Å²) in [6.07, 6.45) is 0.412. The van der Waals surface area contributed by atoms with E-state index >= 15 is 0 Å². The first-order valence-electron chi connectivity index (χ1n) is 3.58. The van der Waals surface area contributed by atoms with Crippen molar-refractivity contribution in [2.75, 3.05) is 0 Å². The molecule has 12 N–H and O–H groups in total. The van der Waals surface area contributed by atoms with Crippen molar-refractivity contribution in [3.63, 3.8) is 0 Å². The van der Waals surface area contributed by atoms with Crippen molar-refractivity contribution >= 4 is 5.97 Å². The Morgan fingerprint density at radius 2 is 1.53 bits per heavy atom. The number of benzene rings is 1. The van der Waals surface area contributed by atoms with Crippen LogP contribution in [0.5, 0.6) is 5.75 Å². The van der Waals surface area contributed by atoms with E-state index in [1.807, 2.05) is 18.2 Å². The Labute approximate surface area is 90.3 Å². The van der Waals surface area contributed by atoms with Crippen LogP contribution in [0.25, 0.3) is 0 Å². The smallest absolute Gasteiger partial charge is 0.310 e. The third-order valence-electron chi connectivity index (χ3n) is 1.26. The molecule has 0 amide bonds. The molecule has 0 atom stereocenters. The van der Waals surface area contributed by atoms with Crippen molar-refractivity contribution in [3.05, 3.63) is 30.3 Å². The summed E-state index contributed by atoms with van der Waals surface area (Å²) < 4.78 is 4.92. The van der Waals surface area contributed by atoms with Gasteiger partial charge in [-0.05, 0) is 12.1 Å². The lowest BCUT2D eigenvalue weighted by molar-refractivity contribution is -0.134. The highest BCUT2D eigenvalue weighted by Gasteiger charge is 1.98. The number of ether oxygens (including phenoxy) is 1. The molecule has 0 aliphatic rings. The van der Waals surface area contributed by atoms with Crippen LogP contribution in [-0.4, -0.2) is 5.97 Å². The maximum Gasteiger partial charge on any atom is 0.310 e. The Bertz CT molecular complexity index is 241. The third-order valence-corrected chi connectivity index (χ3v) is 1.26. The van der Waals surface area contributed by atoms with Gasteiger partial charge in [0.25, 0.3) is 0 Å². The number of carbonyl (C=O) groups is 1. The Balaban J connectivity index is -0.000000151. The molecule has 90 valence electrons. The highest BCUT2D eigenvalue weighted by Crippen LogP contribution is 2.08. The normalized spacial score (nSPS) is 6.73. The van der Waals surface area contributed by atoms with E-state index < -0.39 is 0 Å². The minimum Gasteiger partial charge on any atom is -0.427 e. The average molecular weight is 218 g/mol. The zero-order valence-electron chi connectivity index (χ0n) is 9.24. The first kappa shape index (κ1) is 23.4. The fourth-order valence-electron chi connectivity index (χ4n) is 0.692. The van der Waals surface area contributed by atoms with Gasteiger partial charge in [0.15, 0.2) is 0 Å². The summed E-state index contributed by atoms with van der Waals surface area (Å²) in [7, 11) is 0. The number of esters is 1. The Hall–Kier alpha value is -1.47. The van der Waals surface area contributed by atoms with E-state index in [2.05, 4.69) is 0 Å². The summed E-state index contributed by atoms with van der Waals surface area (Å²) >= 11 is 0. The zero-order valence-corrected chi connectivity index (χ0v) is 9.24. The van der Waals surface area contributed by atoms with E-state index in [0.29, 0.717) is 12.2 Å². The molecular formula is C9H22N4O2. The summed E-state index contributed by atoms with van der Waals surface area (Å²) in [4.78, 5) is 10.8. The first-order chi connectivity index (χ1) is 5.33. The van der Waals surface area contributed by atoms with Crippen molar-refractivity contribution in [1.29, 1.82) is 0 Å². The fourth-order valence-corrected chi connectivity index (χ4v) is 0.692. The van der Waals surface area contributed by atoms with Gasteiger partial charge in [-0.25, -0.2) is 0 Å². The number of rotatable bonds is 2. The van der Waals surface area contributed by atoms with E-state index in [9.17, 15) is 4.79 Å². The highest BCUT2D eigenvalue weighted by molar-refractivity contribution is 5.71. The van der Waals surface area contributed by atoms with Crippen LogP contribution in [0.15, 0.2) is 30.3 Å². The Morgan fingerprint density at radius 3 is 1.93 bits per heavy atom. The topological polar surface area (TPSA) is 166 Å². The molecule has 1 aromatic carbocycles. The van der Waals surface area contributed by atoms with Crippen LogP contribution in [0.3, 0.4) is 0 Å². The molecule has 15 heavy (non-hydrogen) atoms. The van der Waals surface area contributed by atoms with E-state index in [4.69, 9.17) is 4.74 Å². The number of carbonyl (C=O) groups excluding carboxylic acids is 1. The standard InChI is InChI=1S/C9H10O2.4H3N/c1-2-9(10)11-8-6-4-3-5-7-8;;;;/h3-7H,2H2,1H3;4*1H3. The van der Waals surface area contributed by atoms with Crippen molar-refractivity contribution in [2.45, 2.75) is 13.3 Å². The molecular weight excluding hydrogens is 196 g/mol. The molecule has 0 saturated heterocycles. The molecule has 1 rings (SSSR count). The summed E-state index contributed by atoms with van der Waals surface area (Å²) in [6, 6.07) is 9.06. The van der Waals surface area contributed by atoms with Crippen molar-refractivity contribution in [3.8, 4) is 5.75 Å². The fraction of sp³-hybridized carbons (Fsp3) is 0.222. The number of hydrogen-bond donors (Lipinski definition) is 4. The van der Waals surface area contributed by atoms with E-state index in [1.165, 1.54) is 0 Å². The van der Waals surface area contributed by atoms with Crippen LogP contribution in [0.2, 0.25) is 0 Å². The molecule has 0 aromatic heterocycles. The van der Waals surface area contributed by atoms with Gasteiger partial charge in [0.05, 0.1) is 0 Å². The van der Waals surface area contributed by atoms with Gasteiger partial charge in [-0.2, -0.15) is 0 Å². The monoisotopic (exact) mass is 218 g/mol.